The predicted octanol–water partition coefficient (Wildman–Crippen LogP) is 4.41. The van der Waals surface area contributed by atoms with E-state index in [9.17, 15) is 4.79 Å². The number of hydrogen-bond acceptors (Lipinski definition) is 6. The summed E-state index contributed by atoms with van der Waals surface area (Å²) in [5.41, 5.74) is 2.56. The number of fused-ring (bicyclic) bond motifs is 2. The van der Waals surface area contributed by atoms with Gasteiger partial charge in [-0.05, 0) is 35.9 Å². The Morgan fingerprint density at radius 1 is 1.14 bits per heavy atom. The smallest absolute Gasteiger partial charge is 0.278 e. The van der Waals surface area contributed by atoms with Gasteiger partial charge >= 0.3 is 0 Å². The number of benzene rings is 1. The highest BCUT2D eigenvalue weighted by Crippen LogP contribution is 2.35. The Labute approximate surface area is 174 Å². The van der Waals surface area contributed by atoms with Crippen molar-refractivity contribution in [3.8, 4) is 22.8 Å². The largest absolute Gasteiger partial charge is 0.486 e. The lowest BCUT2D eigenvalue weighted by atomic mass is 10.1. The number of rotatable bonds is 3. The van der Waals surface area contributed by atoms with E-state index in [1.807, 2.05) is 41.8 Å². The van der Waals surface area contributed by atoms with Crippen molar-refractivity contribution in [2.75, 3.05) is 13.2 Å². The lowest BCUT2D eigenvalue weighted by Gasteiger charge is -2.18. The van der Waals surface area contributed by atoms with Gasteiger partial charge in [0.25, 0.3) is 5.56 Å². The molecule has 0 N–H and O–H groups in total. The van der Waals surface area contributed by atoms with E-state index >= 15 is 0 Å². The van der Waals surface area contributed by atoms with Crippen LogP contribution in [0.5, 0.6) is 11.5 Å². The number of ether oxygens (including phenoxy) is 2. The summed E-state index contributed by atoms with van der Waals surface area (Å²) in [5, 5.41) is 1.96. The summed E-state index contributed by atoms with van der Waals surface area (Å²) in [5.74, 6) is 1.36. The molecule has 0 bridgehead atoms. The van der Waals surface area contributed by atoms with E-state index in [2.05, 4.69) is 9.97 Å². The van der Waals surface area contributed by atoms with E-state index in [1.165, 1.54) is 15.7 Å². The van der Waals surface area contributed by atoms with E-state index in [0.717, 1.165) is 11.1 Å². The SMILES string of the molecule is O=c1c(Cl)c(/C=C/c2cccnc2)nc2scc(-c3ccc4c(c3)OCCO4)n12. The van der Waals surface area contributed by atoms with E-state index in [4.69, 9.17) is 21.1 Å². The standard InChI is InChI=1S/C21H14ClN3O3S/c22-19-15(5-3-13-2-1-7-23-11-13)24-21-25(20(19)26)16(12-29-21)14-4-6-17-18(10-14)28-9-8-27-17/h1-7,10-12H,8-9H2/b5-3+. The normalized spacial score (nSPS) is 13.3. The molecule has 0 spiro atoms. The Bertz CT molecular complexity index is 1300. The fourth-order valence-corrected chi connectivity index (χ4v) is 4.20. The highest BCUT2D eigenvalue weighted by atomic mass is 35.5. The quantitative estimate of drug-likeness (QED) is 0.488. The molecular formula is C21H14ClN3O3S. The van der Waals surface area contributed by atoms with Gasteiger partial charge in [0, 0.05) is 23.3 Å². The summed E-state index contributed by atoms with van der Waals surface area (Å²) < 4.78 is 12.8. The summed E-state index contributed by atoms with van der Waals surface area (Å²) in [4.78, 5) is 22.2. The first-order chi connectivity index (χ1) is 14.2. The maximum absolute atomic E-state index is 13.0. The third-order valence-electron chi connectivity index (χ3n) is 4.50. The first kappa shape index (κ1) is 17.9. The molecule has 8 heteroatoms. The predicted molar refractivity (Wildman–Crippen MR) is 114 cm³/mol. The summed E-state index contributed by atoms with van der Waals surface area (Å²) in [6.07, 6.45) is 6.98. The summed E-state index contributed by atoms with van der Waals surface area (Å²) in [6, 6.07) is 9.36. The Kier molecular flexibility index (Phi) is 4.54. The van der Waals surface area contributed by atoms with Gasteiger partial charge in [-0.3, -0.25) is 9.78 Å². The summed E-state index contributed by atoms with van der Waals surface area (Å²) in [6.45, 7) is 1.03. The monoisotopic (exact) mass is 423 g/mol. The van der Waals surface area contributed by atoms with E-state index < -0.39 is 0 Å². The molecule has 0 unspecified atom stereocenters. The van der Waals surface area contributed by atoms with Crippen LogP contribution < -0.4 is 15.0 Å². The van der Waals surface area contributed by atoms with Crippen molar-refractivity contribution in [3.63, 3.8) is 0 Å². The fraction of sp³-hybridized carbons (Fsp3) is 0.0952. The molecule has 3 aromatic heterocycles. The Hall–Kier alpha value is -3.16. The van der Waals surface area contributed by atoms with Gasteiger partial charge in [-0.25, -0.2) is 9.38 Å². The van der Waals surface area contributed by atoms with Gasteiger partial charge < -0.3 is 9.47 Å². The Morgan fingerprint density at radius 2 is 2.00 bits per heavy atom. The van der Waals surface area contributed by atoms with Gasteiger partial charge in [0.1, 0.15) is 18.2 Å². The molecule has 144 valence electrons. The Morgan fingerprint density at radius 3 is 2.83 bits per heavy atom. The molecule has 0 saturated carbocycles. The van der Waals surface area contributed by atoms with Crippen LogP contribution in [0.1, 0.15) is 11.3 Å². The van der Waals surface area contributed by atoms with Crippen molar-refractivity contribution in [1.29, 1.82) is 0 Å². The lowest BCUT2D eigenvalue weighted by Crippen LogP contribution is -2.17. The van der Waals surface area contributed by atoms with Crippen molar-refractivity contribution < 1.29 is 9.47 Å². The van der Waals surface area contributed by atoms with E-state index in [-0.39, 0.29) is 10.6 Å². The molecule has 0 aliphatic carbocycles. The van der Waals surface area contributed by atoms with Crippen LogP contribution in [0.4, 0.5) is 0 Å². The number of hydrogen-bond donors (Lipinski definition) is 0. The molecule has 0 radical (unpaired) electrons. The number of halogens is 1. The van der Waals surface area contributed by atoms with Crippen molar-refractivity contribution in [2.24, 2.45) is 0 Å². The number of thiazole rings is 1. The second-order valence-corrected chi connectivity index (χ2v) is 7.55. The van der Waals surface area contributed by atoms with Crippen LogP contribution >= 0.6 is 22.9 Å². The van der Waals surface area contributed by atoms with Gasteiger partial charge in [-0.15, -0.1) is 11.3 Å². The molecule has 5 rings (SSSR count). The second-order valence-electron chi connectivity index (χ2n) is 6.33. The maximum Gasteiger partial charge on any atom is 0.278 e. The zero-order valence-corrected chi connectivity index (χ0v) is 16.6. The molecule has 0 fully saturated rings. The second kappa shape index (κ2) is 7.35. The number of nitrogens with zero attached hydrogens (tertiary/aromatic N) is 3. The molecule has 0 saturated heterocycles. The zero-order valence-electron chi connectivity index (χ0n) is 15.0. The van der Waals surface area contributed by atoms with Crippen molar-refractivity contribution >= 4 is 40.1 Å². The van der Waals surface area contributed by atoms with E-state index in [1.54, 1.807) is 18.5 Å². The molecule has 29 heavy (non-hydrogen) atoms. The minimum Gasteiger partial charge on any atom is -0.486 e. The third-order valence-corrected chi connectivity index (χ3v) is 5.68. The highest BCUT2D eigenvalue weighted by molar-refractivity contribution is 7.15. The minimum absolute atomic E-state index is 0.0693. The van der Waals surface area contributed by atoms with Crippen LogP contribution in [-0.4, -0.2) is 27.6 Å². The molecule has 1 aliphatic rings. The maximum atomic E-state index is 13.0. The minimum atomic E-state index is -0.311. The molecule has 0 atom stereocenters. The number of pyridine rings is 1. The van der Waals surface area contributed by atoms with E-state index in [0.29, 0.717) is 41.1 Å². The van der Waals surface area contributed by atoms with Crippen molar-refractivity contribution in [2.45, 2.75) is 0 Å². The van der Waals surface area contributed by atoms with Crippen LogP contribution in [0.15, 0.2) is 52.9 Å². The van der Waals surface area contributed by atoms with Gasteiger partial charge in [0.2, 0.25) is 0 Å². The van der Waals surface area contributed by atoms with Gasteiger partial charge in [0.05, 0.1) is 11.4 Å². The molecule has 0 amide bonds. The first-order valence-corrected chi connectivity index (χ1v) is 10.1. The fourth-order valence-electron chi connectivity index (χ4n) is 3.11. The molecule has 4 aromatic rings. The number of aromatic nitrogens is 3. The molecule has 1 aromatic carbocycles. The van der Waals surface area contributed by atoms with Gasteiger partial charge in [-0.2, -0.15) is 0 Å². The van der Waals surface area contributed by atoms with Gasteiger partial charge in [-0.1, -0.05) is 23.7 Å². The van der Waals surface area contributed by atoms with Crippen LogP contribution in [0.2, 0.25) is 5.02 Å². The van der Waals surface area contributed by atoms with Crippen LogP contribution in [0, 0.1) is 0 Å². The average molecular weight is 424 g/mol. The summed E-state index contributed by atoms with van der Waals surface area (Å²) in [7, 11) is 0. The van der Waals surface area contributed by atoms with Crippen molar-refractivity contribution in [1.82, 2.24) is 14.4 Å². The topological polar surface area (TPSA) is 65.7 Å². The first-order valence-electron chi connectivity index (χ1n) is 8.88. The molecular weight excluding hydrogens is 410 g/mol. The lowest BCUT2D eigenvalue weighted by molar-refractivity contribution is 0.171. The third kappa shape index (κ3) is 3.28. The highest BCUT2D eigenvalue weighted by Gasteiger charge is 2.17. The van der Waals surface area contributed by atoms with Gasteiger partial charge in [0.15, 0.2) is 16.5 Å². The van der Waals surface area contributed by atoms with Crippen LogP contribution in [0.3, 0.4) is 0 Å². The summed E-state index contributed by atoms with van der Waals surface area (Å²) >= 11 is 7.75. The van der Waals surface area contributed by atoms with Crippen LogP contribution in [0.25, 0.3) is 28.4 Å². The Balaban J connectivity index is 1.59. The average Bonchev–Trinajstić information content (AvgIpc) is 3.19. The molecule has 6 nitrogen and oxygen atoms in total. The zero-order chi connectivity index (χ0) is 19.8. The molecule has 1 aliphatic heterocycles. The molecule has 4 heterocycles. The van der Waals surface area contributed by atoms with Crippen molar-refractivity contribution in [3.05, 3.63) is 74.7 Å². The van der Waals surface area contributed by atoms with Crippen LogP contribution in [-0.2, 0) is 0 Å².